The molecule has 144 valence electrons. The van der Waals surface area contributed by atoms with E-state index in [1.807, 2.05) is 41.8 Å². The molecule has 4 rings (SSSR count). The van der Waals surface area contributed by atoms with Gasteiger partial charge in [0.2, 0.25) is 0 Å². The summed E-state index contributed by atoms with van der Waals surface area (Å²) in [6, 6.07) is 28.9. The molecule has 0 bridgehead atoms. The highest BCUT2D eigenvalue weighted by Crippen LogP contribution is 2.22. The average Bonchev–Trinajstić information content (AvgIpc) is 3.33. The van der Waals surface area contributed by atoms with Crippen LogP contribution in [-0.2, 0) is 6.54 Å². The predicted octanol–water partition coefficient (Wildman–Crippen LogP) is 4.96. The molecule has 1 aromatic heterocycles. The van der Waals surface area contributed by atoms with Crippen molar-refractivity contribution in [3.05, 3.63) is 107 Å². The first-order chi connectivity index (χ1) is 14.3. The summed E-state index contributed by atoms with van der Waals surface area (Å²) in [4.78, 5) is 0. The Kier molecular flexibility index (Phi) is 6.24. The molecular weight excluding hydrogens is 396 g/mol. The summed E-state index contributed by atoms with van der Waals surface area (Å²) in [6.45, 7) is 0.651. The van der Waals surface area contributed by atoms with Gasteiger partial charge < -0.3 is 10.6 Å². The van der Waals surface area contributed by atoms with Crippen LogP contribution in [-0.4, -0.2) is 14.7 Å². The molecule has 4 aromatic rings. The Hall–Kier alpha value is -3.09. The first-order valence-corrected chi connectivity index (χ1v) is 10.5. The third-order valence-electron chi connectivity index (χ3n) is 4.60. The average molecular weight is 417 g/mol. The molecule has 2 N–H and O–H groups in total. The number of aromatic nitrogens is 2. The number of hydrogen-bond acceptors (Lipinski definition) is 4. The Labute approximate surface area is 179 Å². The summed E-state index contributed by atoms with van der Waals surface area (Å²) in [7, 11) is 0. The van der Waals surface area contributed by atoms with Gasteiger partial charge in [0.1, 0.15) is 5.69 Å². The van der Waals surface area contributed by atoms with Gasteiger partial charge in [-0.3, -0.25) is 0 Å². The number of benzene rings is 3. The standard InChI is InChI=1S/C23H20N4S2/c28-23(24-15-17-11-13-18(14-12-17)21-16-29-27-26-21)25-22(19-7-3-1-4-8-19)20-9-5-2-6-10-20/h1-14,16,22H,15H2,(H2,24,25,28). The van der Waals surface area contributed by atoms with Crippen LogP contribution >= 0.6 is 23.8 Å². The van der Waals surface area contributed by atoms with Gasteiger partial charge in [-0.25, -0.2) is 0 Å². The second-order valence-electron chi connectivity index (χ2n) is 6.57. The molecule has 4 nitrogen and oxygen atoms in total. The zero-order chi connectivity index (χ0) is 19.9. The van der Waals surface area contributed by atoms with E-state index in [-0.39, 0.29) is 6.04 Å². The maximum atomic E-state index is 5.58. The van der Waals surface area contributed by atoms with Crippen LogP contribution in [0, 0.1) is 0 Å². The summed E-state index contributed by atoms with van der Waals surface area (Å²) >= 11 is 6.94. The minimum atomic E-state index is -0.00283. The SMILES string of the molecule is S=C(NCc1ccc(-c2csnn2)cc1)NC(c1ccccc1)c1ccccc1. The lowest BCUT2D eigenvalue weighted by molar-refractivity contribution is 0.736. The van der Waals surface area contributed by atoms with Crippen LogP contribution in [0.3, 0.4) is 0 Å². The van der Waals surface area contributed by atoms with E-state index in [0.717, 1.165) is 16.8 Å². The molecule has 0 atom stereocenters. The Morgan fingerprint density at radius 1 is 0.862 bits per heavy atom. The van der Waals surface area contributed by atoms with Crippen LogP contribution in [0.1, 0.15) is 22.7 Å². The predicted molar refractivity (Wildman–Crippen MR) is 123 cm³/mol. The zero-order valence-corrected chi connectivity index (χ0v) is 17.3. The number of nitrogens with zero attached hydrogens (tertiary/aromatic N) is 2. The molecule has 0 spiro atoms. The number of rotatable bonds is 6. The highest BCUT2D eigenvalue weighted by molar-refractivity contribution is 7.80. The molecule has 0 amide bonds. The summed E-state index contributed by atoms with van der Waals surface area (Å²) < 4.78 is 3.91. The van der Waals surface area contributed by atoms with E-state index >= 15 is 0 Å². The molecule has 3 aromatic carbocycles. The largest absolute Gasteiger partial charge is 0.359 e. The number of hydrogen-bond donors (Lipinski definition) is 2. The summed E-state index contributed by atoms with van der Waals surface area (Å²) in [5.74, 6) is 0. The lowest BCUT2D eigenvalue weighted by atomic mass is 9.99. The Balaban J connectivity index is 1.41. The smallest absolute Gasteiger partial charge is 0.167 e. The molecule has 0 unspecified atom stereocenters. The molecule has 0 radical (unpaired) electrons. The second kappa shape index (κ2) is 9.41. The number of nitrogens with one attached hydrogen (secondary N) is 2. The van der Waals surface area contributed by atoms with E-state index in [9.17, 15) is 0 Å². The van der Waals surface area contributed by atoms with E-state index in [2.05, 4.69) is 68.8 Å². The van der Waals surface area contributed by atoms with Crippen molar-refractivity contribution in [3.8, 4) is 11.3 Å². The van der Waals surface area contributed by atoms with Crippen molar-refractivity contribution in [3.63, 3.8) is 0 Å². The van der Waals surface area contributed by atoms with E-state index in [0.29, 0.717) is 11.7 Å². The third kappa shape index (κ3) is 5.04. The number of thiocarbonyl (C=S) groups is 1. The fraction of sp³-hybridized carbons (Fsp3) is 0.0870. The summed E-state index contributed by atoms with van der Waals surface area (Å²) in [5, 5.41) is 13.4. The van der Waals surface area contributed by atoms with Crippen molar-refractivity contribution < 1.29 is 0 Å². The minimum Gasteiger partial charge on any atom is -0.359 e. The van der Waals surface area contributed by atoms with Crippen molar-refractivity contribution in [2.45, 2.75) is 12.6 Å². The van der Waals surface area contributed by atoms with Gasteiger partial charge in [-0.15, -0.1) is 5.10 Å². The molecule has 1 heterocycles. The first-order valence-electron chi connectivity index (χ1n) is 9.30. The van der Waals surface area contributed by atoms with Crippen LogP contribution in [0.25, 0.3) is 11.3 Å². The molecule has 0 saturated carbocycles. The molecule has 0 saturated heterocycles. The Morgan fingerprint density at radius 3 is 2.03 bits per heavy atom. The Bertz CT molecular complexity index is 994. The van der Waals surface area contributed by atoms with Gasteiger partial charge in [-0.05, 0) is 40.4 Å². The van der Waals surface area contributed by atoms with Crippen LogP contribution in [0.5, 0.6) is 0 Å². The maximum absolute atomic E-state index is 5.58. The fourth-order valence-corrected chi connectivity index (χ4v) is 3.75. The molecule has 6 heteroatoms. The molecule has 0 fully saturated rings. The van der Waals surface area contributed by atoms with E-state index in [1.165, 1.54) is 22.7 Å². The second-order valence-corrected chi connectivity index (χ2v) is 7.59. The molecule has 0 aliphatic rings. The lowest BCUT2D eigenvalue weighted by Crippen LogP contribution is -2.37. The van der Waals surface area contributed by atoms with E-state index < -0.39 is 0 Å². The van der Waals surface area contributed by atoms with Gasteiger partial charge in [-0.2, -0.15) is 0 Å². The summed E-state index contributed by atoms with van der Waals surface area (Å²) in [5.41, 5.74) is 5.46. The Morgan fingerprint density at radius 2 is 1.48 bits per heavy atom. The topological polar surface area (TPSA) is 49.8 Å². The highest BCUT2D eigenvalue weighted by Gasteiger charge is 2.14. The van der Waals surface area contributed by atoms with Gasteiger partial charge in [0, 0.05) is 17.5 Å². The normalized spacial score (nSPS) is 10.7. The van der Waals surface area contributed by atoms with Gasteiger partial charge in [0.05, 0.1) is 6.04 Å². The quantitative estimate of drug-likeness (QED) is 0.435. The monoisotopic (exact) mass is 416 g/mol. The molecular formula is C23H20N4S2. The molecule has 0 aliphatic carbocycles. The zero-order valence-electron chi connectivity index (χ0n) is 15.7. The van der Waals surface area contributed by atoms with E-state index in [4.69, 9.17) is 12.2 Å². The van der Waals surface area contributed by atoms with Gasteiger partial charge in [0.15, 0.2) is 5.11 Å². The van der Waals surface area contributed by atoms with Crippen molar-refractivity contribution >= 4 is 28.9 Å². The van der Waals surface area contributed by atoms with Crippen LogP contribution in [0.15, 0.2) is 90.3 Å². The van der Waals surface area contributed by atoms with Crippen molar-refractivity contribution in [1.29, 1.82) is 0 Å². The summed E-state index contributed by atoms with van der Waals surface area (Å²) in [6.07, 6.45) is 0. The first kappa shape index (κ1) is 19.2. The van der Waals surface area contributed by atoms with Crippen molar-refractivity contribution in [2.24, 2.45) is 0 Å². The highest BCUT2D eigenvalue weighted by atomic mass is 32.1. The maximum Gasteiger partial charge on any atom is 0.167 e. The van der Waals surface area contributed by atoms with Crippen LogP contribution in [0.2, 0.25) is 0 Å². The lowest BCUT2D eigenvalue weighted by Gasteiger charge is -2.22. The van der Waals surface area contributed by atoms with Crippen molar-refractivity contribution in [2.75, 3.05) is 0 Å². The third-order valence-corrected chi connectivity index (χ3v) is 5.37. The van der Waals surface area contributed by atoms with Gasteiger partial charge in [-0.1, -0.05) is 89.4 Å². The molecule has 29 heavy (non-hydrogen) atoms. The fourth-order valence-electron chi connectivity index (χ4n) is 3.10. The van der Waals surface area contributed by atoms with E-state index in [1.54, 1.807) is 0 Å². The molecule has 0 aliphatic heterocycles. The van der Waals surface area contributed by atoms with Crippen LogP contribution in [0.4, 0.5) is 0 Å². The minimum absolute atomic E-state index is 0.00283. The van der Waals surface area contributed by atoms with Crippen LogP contribution < -0.4 is 10.6 Å². The van der Waals surface area contributed by atoms with Gasteiger partial charge >= 0.3 is 0 Å². The van der Waals surface area contributed by atoms with Crippen molar-refractivity contribution in [1.82, 2.24) is 20.2 Å². The van der Waals surface area contributed by atoms with Gasteiger partial charge in [0.25, 0.3) is 0 Å².